The van der Waals surface area contributed by atoms with Gasteiger partial charge in [-0.05, 0) is 25.0 Å². The summed E-state index contributed by atoms with van der Waals surface area (Å²) in [5.74, 6) is 0.558. The van der Waals surface area contributed by atoms with Crippen molar-refractivity contribution in [2.45, 2.75) is 38.1 Å². The van der Waals surface area contributed by atoms with Gasteiger partial charge >= 0.3 is 0 Å². The molecule has 0 aliphatic heterocycles. The van der Waals surface area contributed by atoms with E-state index < -0.39 is 0 Å². The molecule has 1 aliphatic rings. The first-order valence-electron chi connectivity index (χ1n) is 9.31. The number of aromatic hydroxyl groups is 1. The zero-order valence-corrected chi connectivity index (χ0v) is 15.0. The lowest BCUT2D eigenvalue weighted by molar-refractivity contribution is 0.102. The number of phenols is 1. The number of rotatable bonds is 4. The van der Waals surface area contributed by atoms with Gasteiger partial charge < -0.3 is 15.7 Å². The topological polar surface area (TPSA) is 87.1 Å². The Kier molecular flexibility index (Phi) is 4.87. The number of hydrogen-bond acceptors (Lipinski definition) is 5. The third-order valence-corrected chi connectivity index (χ3v) is 5.01. The zero-order chi connectivity index (χ0) is 18.6. The highest BCUT2D eigenvalue weighted by atomic mass is 16.3. The normalized spacial score (nSPS) is 14.8. The zero-order valence-electron chi connectivity index (χ0n) is 15.0. The Morgan fingerprint density at radius 3 is 2.59 bits per heavy atom. The molecular weight excluding hydrogens is 340 g/mol. The SMILES string of the molecule is O=C(Nc1ccc(O)c2ccccc12)c1cc(NC2CCCCC2)ncn1. The number of phenolic OH excluding ortho intramolecular Hbond substituents is 1. The van der Waals surface area contributed by atoms with Crippen molar-refractivity contribution in [1.82, 2.24) is 9.97 Å². The van der Waals surface area contributed by atoms with Crippen LogP contribution in [0.4, 0.5) is 11.5 Å². The first kappa shape index (κ1) is 17.3. The second-order valence-electron chi connectivity index (χ2n) is 6.90. The molecule has 3 N–H and O–H groups in total. The van der Waals surface area contributed by atoms with E-state index in [2.05, 4.69) is 20.6 Å². The molecule has 0 bridgehead atoms. The number of benzene rings is 2. The van der Waals surface area contributed by atoms with Crippen LogP contribution in [0.3, 0.4) is 0 Å². The molecule has 1 aliphatic carbocycles. The predicted octanol–water partition coefficient (Wildman–Crippen LogP) is 4.33. The van der Waals surface area contributed by atoms with Crippen LogP contribution < -0.4 is 10.6 Å². The molecule has 6 heteroatoms. The summed E-state index contributed by atoms with van der Waals surface area (Å²) >= 11 is 0. The summed E-state index contributed by atoms with van der Waals surface area (Å²) in [6.07, 6.45) is 7.41. The molecular formula is C21H22N4O2. The lowest BCUT2D eigenvalue weighted by Crippen LogP contribution is -2.23. The van der Waals surface area contributed by atoms with E-state index in [1.54, 1.807) is 18.2 Å². The fraction of sp³-hybridized carbons (Fsp3) is 0.286. The molecule has 1 amide bonds. The summed E-state index contributed by atoms with van der Waals surface area (Å²) in [4.78, 5) is 21.1. The molecule has 2 aromatic carbocycles. The maximum absolute atomic E-state index is 12.7. The Hall–Kier alpha value is -3.15. The maximum atomic E-state index is 12.7. The van der Waals surface area contributed by atoms with Gasteiger partial charge in [0, 0.05) is 28.6 Å². The van der Waals surface area contributed by atoms with Crippen molar-refractivity contribution in [3.8, 4) is 5.75 Å². The van der Waals surface area contributed by atoms with E-state index in [9.17, 15) is 9.90 Å². The molecule has 0 spiro atoms. The Morgan fingerprint density at radius 1 is 1.00 bits per heavy atom. The highest BCUT2D eigenvalue weighted by molar-refractivity contribution is 6.09. The van der Waals surface area contributed by atoms with Crippen LogP contribution in [0.15, 0.2) is 48.8 Å². The highest BCUT2D eigenvalue weighted by Crippen LogP contribution is 2.30. The molecule has 138 valence electrons. The van der Waals surface area contributed by atoms with Crippen LogP contribution in [0.5, 0.6) is 5.75 Å². The average Bonchev–Trinajstić information content (AvgIpc) is 2.71. The number of carbonyl (C=O) groups excluding carboxylic acids is 1. The Bertz CT molecular complexity index is 967. The van der Waals surface area contributed by atoms with Gasteiger partial charge in [-0.15, -0.1) is 0 Å². The second kappa shape index (κ2) is 7.61. The van der Waals surface area contributed by atoms with Crippen molar-refractivity contribution in [3.05, 3.63) is 54.5 Å². The second-order valence-corrected chi connectivity index (χ2v) is 6.90. The highest BCUT2D eigenvalue weighted by Gasteiger charge is 2.16. The number of fused-ring (bicyclic) bond motifs is 1. The predicted molar refractivity (Wildman–Crippen MR) is 106 cm³/mol. The summed E-state index contributed by atoms with van der Waals surface area (Å²) in [5.41, 5.74) is 0.939. The molecule has 1 aromatic heterocycles. The van der Waals surface area contributed by atoms with Gasteiger partial charge in [0.25, 0.3) is 5.91 Å². The molecule has 0 unspecified atom stereocenters. The van der Waals surface area contributed by atoms with Crippen molar-refractivity contribution in [2.24, 2.45) is 0 Å². The van der Waals surface area contributed by atoms with Crippen LogP contribution in [-0.4, -0.2) is 27.0 Å². The third kappa shape index (κ3) is 3.84. The molecule has 0 saturated heterocycles. The van der Waals surface area contributed by atoms with E-state index in [1.165, 1.54) is 25.6 Å². The Morgan fingerprint density at radius 2 is 1.78 bits per heavy atom. The van der Waals surface area contributed by atoms with E-state index in [-0.39, 0.29) is 11.7 Å². The van der Waals surface area contributed by atoms with Crippen molar-refractivity contribution in [1.29, 1.82) is 0 Å². The van der Waals surface area contributed by atoms with Gasteiger partial charge in [0.1, 0.15) is 23.6 Å². The molecule has 4 rings (SSSR count). The fourth-order valence-electron chi connectivity index (χ4n) is 3.59. The van der Waals surface area contributed by atoms with Crippen molar-refractivity contribution in [3.63, 3.8) is 0 Å². The summed E-state index contributed by atoms with van der Waals surface area (Å²) < 4.78 is 0. The summed E-state index contributed by atoms with van der Waals surface area (Å²) in [5, 5.41) is 17.8. The average molecular weight is 362 g/mol. The van der Waals surface area contributed by atoms with Gasteiger partial charge in [-0.2, -0.15) is 0 Å². The minimum Gasteiger partial charge on any atom is -0.507 e. The number of aromatic nitrogens is 2. The van der Waals surface area contributed by atoms with Crippen LogP contribution in [0.1, 0.15) is 42.6 Å². The molecule has 1 heterocycles. The quantitative estimate of drug-likeness (QED) is 0.601. The standard InChI is InChI=1S/C21H22N4O2/c26-19-11-10-17(15-8-4-5-9-16(15)19)25-21(27)18-12-20(23-13-22-18)24-14-6-2-1-3-7-14/h4-5,8-14,26H,1-3,6-7H2,(H,25,27)(H,22,23,24). The number of carbonyl (C=O) groups is 1. The number of amides is 1. The van der Waals surface area contributed by atoms with E-state index in [0.29, 0.717) is 28.6 Å². The molecule has 0 atom stereocenters. The van der Waals surface area contributed by atoms with Crippen LogP contribution in [0.2, 0.25) is 0 Å². The van der Waals surface area contributed by atoms with Gasteiger partial charge in [0.2, 0.25) is 0 Å². The van der Waals surface area contributed by atoms with Crippen LogP contribution in [0.25, 0.3) is 10.8 Å². The van der Waals surface area contributed by atoms with Gasteiger partial charge in [0.05, 0.1) is 0 Å². The van der Waals surface area contributed by atoms with Crippen molar-refractivity contribution >= 4 is 28.2 Å². The van der Waals surface area contributed by atoms with E-state index >= 15 is 0 Å². The first-order chi connectivity index (χ1) is 13.2. The number of nitrogens with zero attached hydrogens (tertiary/aromatic N) is 2. The lowest BCUT2D eigenvalue weighted by Gasteiger charge is -2.23. The van der Waals surface area contributed by atoms with Gasteiger partial charge in [-0.25, -0.2) is 9.97 Å². The largest absolute Gasteiger partial charge is 0.507 e. The molecule has 1 fully saturated rings. The summed E-state index contributed by atoms with van der Waals surface area (Å²) in [7, 11) is 0. The molecule has 6 nitrogen and oxygen atoms in total. The van der Waals surface area contributed by atoms with Crippen molar-refractivity contribution < 1.29 is 9.90 Å². The lowest BCUT2D eigenvalue weighted by atomic mass is 9.95. The van der Waals surface area contributed by atoms with Gasteiger partial charge in [-0.1, -0.05) is 43.5 Å². The van der Waals surface area contributed by atoms with Gasteiger partial charge in [0.15, 0.2) is 0 Å². The van der Waals surface area contributed by atoms with E-state index in [0.717, 1.165) is 18.2 Å². The smallest absolute Gasteiger partial charge is 0.274 e. The Labute approximate surface area is 157 Å². The van der Waals surface area contributed by atoms with E-state index in [1.807, 2.05) is 24.3 Å². The van der Waals surface area contributed by atoms with Crippen LogP contribution in [-0.2, 0) is 0 Å². The van der Waals surface area contributed by atoms with Crippen LogP contribution >= 0.6 is 0 Å². The number of hydrogen-bond donors (Lipinski definition) is 3. The van der Waals surface area contributed by atoms with Crippen molar-refractivity contribution in [2.75, 3.05) is 10.6 Å². The van der Waals surface area contributed by atoms with Gasteiger partial charge in [-0.3, -0.25) is 4.79 Å². The Balaban J connectivity index is 1.53. The van der Waals surface area contributed by atoms with E-state index in [4.69, 9.17) is 0 Å². The fourth-order valence-corrected chi connectivity index (χ4v) is 3.59. The summed E-state index contributed by atoms with van der Waals surface area (Å²) in [6.45, 7) is 0. The monoisotopic (exact) mass is 362 g/mol. The summed E-state index contributed by atoms with van der Waals surface area (Å²) in [6, 6.07) is 12.8. The molecule has 1 saturated carbocycles. The minimum atomic E-state index is -0.306. The molecule has 0 radical (unpaired) electrons. The maximum Gasteiger partial charge on any atom is 0.274 e. The number of anilines is 2. The molecule has 27 heavy (non-hydrogen) atoms. The minimum absolute atomic E-state index is 0.185. The first-order valence-corrected chi connectivity index (χ1v) is 9.31. The van der Waals surface area contributed by atoms with Crippen LogP contribution in [0, 0.1) is 0 Å². The molecule has 3 aromatic rings. The number of nitrogens with one attached hydrogen (secondary N) is 2. The third-order valence-electron chi connectivity index (χ3n) is 5.01.